The number of hydrogen-bond donors (Lipinski definition) is 1. The Morgan fingerprint density at radius 3 is 2.07 bits per heavy atom. The lowest BCUT2D eigenvalue weighted by atomic mass is 10.0. The van der Waals surface area contributed by atoms with Gasteiger partial charge in [-0.3, -0.25) is 9.59 Å². The molecule has 0 aliphatic heterocycles. The lowest BCUT2D eigenvalue weighted by Crippen LogP contribution is -2.43. The van der Waals surface area contributed by atoms with Crippen LogP contribution in [0.5, 0.6) is 0 Å². The average molecular weight is 421 g/mol. The lowest BCUT2D eigenvalue weighted by molar-refractivity contribution is -0.140. The second-order valence-corrected chi connectivity index (χ2v) is 7.55. The molecule has 154 valence electrons. The summed E-state index contributed by atoms with van der Waals surface area (Å²) in [6.45, 7) is 2.31. The molecular weight excluding hydrogens is 396 g/mol. The first-order chi connectivity index (χ1) is 14.5. The van der Waals surface area contributed by atoms with Crippen LogP contribution in [0.3, 0.4) is 0 Å². The van der Waals surface area contributed by atoms with Crippen LogP contribution in [0.2, 0.25) is 5.02 Å². The van der Waals surface area contributed by atoms with Gasteiger partial charge in [-0.05, 0) is 35.2 Å². The van der Waals surface area contributed by atoms with Gasteiger partial charge in [0.25, 0.3) is 0 Å². The third kappa shape index (κ3) is 5.94. The number of carbonyl (C=O) groups is 2. The molecule has 0 spiro atoms. The average Bonchev–Trinajstić information content (AvgIpc) is 2.76. The van der Waals surface area contributed by atoms with E-state index in [1.807, 2.05) is 72.8 Å². The van der Waals surface area contributed by atoms with Crippen molar-refractivity contribution in [2.45, 2.75) is 25.9 Å². The van der Waals surface area contributed by atoms with E-state index < -0.39 is 6.04 Å². The Bertz CT molecular complexity index is 959. The van der Waals surface area contributed by atoms with Gasteiger partial charge in [-0.1, -0.05) is 84.4 Å². The molecule has 1 N–H and O–H groups in total. The van der Waals surface area contributed by atoms with Crippen molar-refractivity contribution in [3.05, 3.63) is 107 Å². The second kappa shape index (κ2) is 10.6. The number of rotatable bonds is 8. The topological polar surface area (TPSA) is 49.4 Å². The van der Waals surface area contributed by atoms with Gasteiger partial charge in [0.05, 0.1) is 0 Å². The van der Waals surface area contributed by atoms with Crippen LogP contribution in [0.4, 0.5) is 0 Å². The van der Waals surface area contributed by atoms with Gasteiger partial charge in [0.15, 0.2) is 0 Å². The highest BCUT2D eigenvalue weighted by Gasteiger charge is 2.29. The van der Waals surface area contributed by atoms with Crippen LogP contribution in [0.25, 0.3) is 0 Å². The summed E-state index contributed by atoms with van der Waals surface area (Å²) in [7, 11) is 0. The Morgan fingerprint density at radius 1 is 0.867 bits per heavy atom. The standard InChI is InChI=1S/C25H25ClN2O2/c1-19(29)28(18-21-12-14-23(26)15-13-21)24(22-10-6-3-7-11-22)25(30)27-17-16-20-8-4-2-5-9-20/h2-15,24H,16-18H2,1H3,(H,27,30)/t24-/m1/s1. The maximum atomic E-state index is 13.2. The third-order valence-electron chi connectivity index (χ3n) is 4.90. The monoisotopic (exact) mass is 420 g/mol. The summed E-state index contributed by atoms with van der Waals surface area (Å²) in [6, 6.07) is 26.0. The molecule has 3 rings (SSSR count). The van der Waals surface area contributed by atoms with Gasteiger partial charge in [0.2, 0.25) is 11.8 Å². The fourth-order valence-corrected chi connectivity index (χ4v) is 3.48. The van der Waals surface area contributed by atoms with Crippen molar-refractivity contribution in [3.63, 3.8) is 0 Å². The normalized spacial score (nSPS) is 11.5. The van der Waals surface area contributed by atoms with Crippen LogP contribution in [0.15, 0.2) is 84.9 Å². The fraction of sp³-hybridized carbons (Fsp3) is 0.200. The molecule has 1 atom stereocenters. The van der Waals surface area contributed by atoms with Gasteiger partial charge in [-0.15, -0.1) is 0 Å². The van der Waals surface area contributed by atoms with Crippen LogP contribution < -0.4 is 5.32 Å². The molecule has 3 aromatic carbocycles. The number of benzene rings is 3. The predicted molar refractivity (Wildman–Crippen MR) is 120 cm³/mol. The first-order valence-corrected chi connectivity index (χ1v) is 10.3. The van der Waals surface area contributed by atoms with Gasteiger partial charge < -0.3 is 10.2 Å². The molecule has 0 aromatic heterocycles. The van der Waals surface area contributed by atoms with Gasteiger partial charge in [0.1, 0.15) is 6.04 Å². The first kappa shape index (κ1) is 21.6. The Hall–Kier alpha value is -3.11. The number of halogens is 1. The van der Waals surface area contributed by atoms with Gasteiger partial charge in [-0.25, -0.2) is 0 Å². The Balaban J connectivity index is 1.79. The highest BCUT2D eigenvalue weighted by molar-refractivity contribution is 6.30. The quantitative estimate of drug-likeness (QED) is 0.569. The Labute approximate surface area is 182 Å². The number of carbonyl (C=O) groups excluding carboxylic acids is 2. The van der Waals surface area contributed by atoms with E-state index in [9.17, 15) is 9.59 Å². The summed E-state index contributed by atoms with van der Waals surface area (Å²) in [5.74, 6) is -0.363. The maximum absolute atomic E-state index is 13.2. The fourth-order valence-electron chi connectivity index (χ4n) is 3.35. The van der Waals surface area contributed by atoms with Crippen LogP contribution in [-0.4, -0.2) is 23.3 Å². The molecule has 2 amide bonds. The molecule has 0 fully saturated rings. The largest absolute Gasteiger partial charge is 0.354 e. The van der Waals surface area contributed by atoms with Crippen molar-refractivity contribution in [2.75, 3.05) is 6.54 Å². The van der Waals surface area contributed by atoms with Crippen molar-refractivity contribution in [2.24, 2.45) is 0 Å². The minimum Gasteiger partial charge on any atom is -0.354 e. The highest BCUT2D eigenvalue weighted by Crippen LogP contribution is 2.24. The smallest absolute Gasteiger partial charge is 0.247 e. The summed E-state index contributed by atoms with van der Waals surface area (Å²) in [5, 5.41) is 3.64. The summed E-state index contributed by atoms with van der Waals surface area (Å²) in [6.07, 6.45) is 0.728. The lowest BCUT2D eigenvalue weighted by Gasteiger charge is -2.30. The van der Waals surface area contributed by atoms with Gasteiger partial charge >= 0.3 is 0 Å². The van der Waals surface area contributed by atoms with Crippen LogP contribution >= 0.6 is 11.6 Å². The molecule has 0 radical (unpaired) electrons. The van der Waals surface area contributed by atoms with Crippen molar-refractivity contribution in [3.8, 4) is 0 Å². The van der Waals surface area contributed by atoms with Crippen LogP contribution in [0.1, 0.15) is 29.7 Å². The molecule has 0 aliphatic carbocycles. The summed E-state index contributed by atoms with van der Waals surface area (Å²) >= 11 is 5.98. The van der Waals surface area contributed by atoms with Crippen molar-refractivity contribution in [1.82, 2.24) is 10.2 Å². The number of hydrogen-bond acceptors (Lipinski definition) is 2. The third-order valence-corrected chi connectivity index (χ3v) is 5.15. The molecule has 0 heterocycles. The molecule has 5 heteroatoms. The van der Waals surface area contributed by atoms with E-state index in [2.05, 4.69) is 5.32 Å². The molecule has 4 nitrogen and oxygen atoms in total. The van der Waals surface area contributed by atoms with Crippen LogP contribution in [0, 0.1) is 0 Å². The SMILES string of the molecule is CC(=O)N(Cc1ccc(Cl)cc1)[C@@H](C(=O)NCCc1ccccc1)c1ccccc1. The van der Waals surface area contributed by atoms with E-state index >= 15 is 0 Å². The molecule has 0 saturated heterocycles. The molecule has 0 saturated carbocycles. The zero-order valence-corrected chi connectivity index (χ0v) is 17.7. The van der Waals surface area contributed by atoms with E-state index in [-0.39, 0.29) is 11.8 Å². The molecular formula is C25H25ClN2O2. The Kier molecular flexibility index (Phi) is 7.63. The number of nitrogens with one attached hydrogen (secondary N) is 1. The van der Waals surface area contributed by atoms with Crippen LogP contribution in [-0.2, 0) is 22.6 Å². The van der Waals surface area contributed by atoms with E-state index in [0.29, 0.717) is 18.1 Å². The van der Waals surface area contributed by atoms with E-state index in [1.54, 1.807) is 17.0 Å². The first-order valence-electron chi connectivity index (χ1n) is 9.93. The molecule has 0 bridgehead atoms. The van der Waals surface area contributed by atoms with E-state index in [1.165, 1.54) is 6.92 Å². The molecule has 0 aliphatic rings. The zero-order valence-electron chi connectivity index (χ0n) is 16.9. The van der Waals surface area contributed by atoms with E-state index in [0.717, 1.165) is 23.1 Å². The summed E-state index contributed by atoms with van der Waals surface area (Å²) in [4.78, 5) is 27.3. The van der Waals surface area contributed by atoms with Crippen molar-refractivity contribution < 1.29 is 9.59 Å². The molecule has 30 heavy (non-hydrogen) atoms. The van der Waals surface area contributed by atoms with E-state index in [4.69, 9.17) is 11.6 Å². The summed E-state index contributed by atoms with van der Waals surface area (Å²) in [5.41, 5.74) is 2.84. The molecule has 3 aromatic rings. The molecule has 0 unspecified atom stereocenters. The number of nitrogens with zero attached hydrogens (tertiary/aromatic N) is 1. The number of amides is 2. The maximum Gasteiger partial charge on any atom is 0.247 e. The second-order valence-electron chi connectivity index (χ2n) is 7.11. The van der Waals surface area contributed by atoms with Gasteiger partial charge in [0, 0.05) is 25.0 Å². The van der Waals surface area contributed by atoms with Crippen molar-refractivity contribution >= 4 is 23.4 Å². The predicted octanol–water partition coefficient (Wildman–Crippen LogP) is 4.79. The highest BCUT2D eigenvalue weighted by atomic mass is 35.5. The summed E-state index contributed by atoms with van der Waals surface area (Å²) < 4.78 is 0. The van der Waals surface area contributed by atoms with Crippen molar-refractivity contribution in [1.29, 1.82) is 0 Å². The minimum atomic E-state index is -0.713. The minimum absolute atomic E-state index is 0.169. The van der Waals surface area contributed by atoms with Gasteiger partial charge in [-0.2, -0.15) is 0 Å². The Morgan fingerprint density at radius 2 is 1.47 bits per heavy atom. The zero-order chi connectivity index (χ0) is 21.3.